The normalized spacial score (nSPS) is 21.8. The maximum atomic E-state index is 12.0. The fourth-order valence-electron chi connectivity index (χ4n) is 10.2. The molecule has 11 heteroatoms. The third-order valence-corrected chi connectivity index (χ3v) is 14.5. The van der Waals surface area contributed by atoms with Crippen LogP contribution >= 0.6 is 0 Å². The Morgan fingerprint density at radius 3 is 1.53 bits per heavy atom. The van der Waals surface area contributed by atoms with E-state index in [1.807, 2.05) is 38.2 Å². The number of carbonyl (C=O) groups excluding carboxylic acids is 3. The molecule has 0 radical (unpaired) electrons. The van der Waals surface area contributed by atoms with Crippen molar-refractivity contribution in [3.8, 4) is 11.5 Å². The second-order valence-electron chi connectivity index (χ2n) is 21.4. The van der Waals surface area contributed by atoms with E-state index >= 15 is 0 Å². The highest BCUT2D eigenvalue weighted by Gasteiger charge is 2.32. The second-order valence-corrected chi connectivity index (χ2v) is 21.4. The lowest BCUT2D eigenvalue weighted by molar-refractivity contribution is -0.150. The summed E-state index contributed by atoms with van der Waals surface area (Å²) in [4.78, 5) is 45.1. The monoisotopic (exact) mass is 937 g/mol. The SMILES string of the molecule is C.CC(C)(C)C1CCC(Oc2ccc3cc(C=O)ncc3c2)CC1.CCOC(=O)C1CCN(Cc2cc3ccc(OC4CCC(C(C)(C)C)CC4)cc3cn2)CC1.CCOC(=O)C1CCNCC1. The van der Waals surface area contributed by atoms with Crippen molar-refractivity contribution in [1.29, 1.82) is 0 Å². The Kier molecular flexibility index (Phi) is 20.6. The molecule has 4 heterocycles. The molecular formula is C57H84N4O7. The summed E-state index contributed by atoms with van der Waals surface area (Å²) in [6.45, 7) is 23.3. The van der Waals surface area contributed by atoms with Gasteiger partial charge in [0.05, 0.1) is 43.0 Å². The summed E-state index contributed by atoms with van der Waals surface area (Å²) in [5.74, 6) is 3.59. The number of hydrogen-bond donors (Lipinski definition) is 1. The molecule has 8 rings (SSSR count). The van der Waals surface area contributed by atoms with Gasteiger partial charge in [0.2, 0.25) is 0 Å². The number of ether oxygens (including phenoxy) is 4. The van der Waals surface area contributed by atoms with Crippen molar-refractivity contribution in [3.63, 3.8) is 0 Å². The van der Waals surface area contributed by atoms with Gasteiger partial charge in [0.15, 0.2) is 6.29 Å². The Hall–Kier alpha value is -4.61. The fourth-order valence-corrected chi connectivity index (χ4v) is 10.2. The summed E-state index contributed by atoms with van der Waals surface area (Å²) in [5.41, 5.74) is 2.34. The van der Waals surface area contributed by atoms with Crippen LogP contribution in [0.4, 0.5) is 0 Å². The average molecular weight is 937 g/mol. The number of piperidine rings is 2. The van der Waals surface area contributed by atoms with E-state index in [2.05, 4.69) is 81.0 Å². The first-order valence-electron chi connectivity index (χ1n) is 25.4. The number of hydrogen-bond acceptors (Lipinski definition) is 11. The highest BCUT2D eigenvalue weighted by atomic mass is 16.5. The van der Waals surface area contributed by atoms with Crippen LogP contribution in [0.1, 0.15) is 156 Å². The lowest BCUT2D eigenvalue weighted by Gasteiger charge is -2.37. The van der Waals surface area contributed by atoms with E-state index in [0.29, 0.717) is 41.9 Å². The zero-order chi connectivity index (χ0) is 48.0. The Balaban J connectivity index is 0.000000213. The van der Waals surface area contributed by atoms with Gasteiger partial charge in [-0.3, -0.25) is 29.3 Å². The summed E-state index contributed by atoms with van der Waals surface area (Å²) in [5, 5.41) is 7.56. The van der Waals surface area contributed by atoms with Gasteiger partial charge in [0, 0.05) is 29.7 Å². The molecule has 2 aliphatic carbocycles. The number of benzene rings is 2. The number of fused-ring (bicyclic) bond motifs is 2. The largest absolute Gasteiger partial charge is 0.490 e. The molecule has 11 nitrogen and oxygen atoms in total. The van der Waals surface area contributed by atoms with Crippen LogP contribution in [0.5, 0.6) is 11.5 Å². The first-order chi connectivity index (χ1) is 32.1. The number of aromatic nitrogens is 2. The molecule has 1 N–H and O–H groups in total. The van der Waals surface area contributed by atoms with Crippen molar-refractivity contribution in [2.24, 2.45) is 34.5 Å². The minimum atomic E-state index is -0.0405. The molecule has 4 fully saturated rings. The summed E-state index contributed by atoms with van der Waals surface area (Å²) in [7, 11) is 0. The van der Waals surface area contributed by atoms with Crippen molar-refractivity contribution in [2.45, 2.75) is 159 Å². The molecule has 68 heavy (non-hydrogen) atoms. The number of rotatable bonds is 11. The predicted octanol–water partition coefficient (Wildman–Crippen LogP) is 12.2. The molecule has 4 aliphatic rings. The van der Waals surface area contributed by atoms with Crippen LogP contribution < -0.4 is 14.8 Å². The van der Waals surface area contributed by atoms with Crippen molar-refractivity contribution in [1.82, 2.24) is 20.2 Å². The van der Waals surface area contributed by atoms with E-state index in [4.69, 9.17) is 23.9 Å². The molecule has 0 amide bonds. The standard InChI is InChI=1S/C28H40N2O3.C20H25NO2.C8H15NO2.CH4/c1-5-32-27(31)20-12-14-30(15-13-20)19-24-16-21-6-9-26(17-22(21)18-29-24)33-25-10-7-23(8-11-25)28(2,3)4;1-20(2,3)16-5-8-18(9-6-16)23-19-7-4-14-10-17(13-22)21-12-15(14)11-19;1-2-11-8(10)7-3-5-9-6-4-7;/h6,9,16-18,20,23,25H,5,7-8,10-15,19H2,1-4H3;4,7,10-13,16,18H,5-6,8-9H2,1-3H3;7,9H,2-6H2,1H3;1H4. The number of carbonyl (C=O) groups is 3. The first kappa shape index (κ1) is 54.3. The third kappa shape index (κ3) is 16.2. The van der Waals surface area contributed by atoms with Gasteiger partial charge in [-0.25, -0.2) is 0 Å². The number of nitrogens with zero attached hydrogens (tertiary/aromatic N) is 3. The number of likely N-dealkylation sites (tertiary alicyclic amines) is 1. The van der Waals surface area contributed by atoms with Crippen molar-refractivity contribution in [2.75, 3.05) is 39.4 Å². The number of nitrogens with one attached hydrogen (secondary N) is 1. The van der Waals surface area contributed by atoms with Gasteiger partial charge >= 0.3 is 11.9 Å². The summed E-state index contributed by atoms with van der Waals surface area (Å²) in [6, 6.07) is 16.4. The Bertz CT molecular complexity index is 2190. The van der Waals surface area contributed by atoms with Crippen LogP contribution in [0, 0.1) is 34.5 Å². The highest BCUT2D eigenvalue weighted by Crippen LogP contribution is 2.40. The third-order valence-electron chi connectivity index (χ3n) is 14.5. The van der Waals surface area contributed by atoms with E-state index in [1.54, 1.807) is 12.3 Å². The molecule has 2 saturated carbocycles. The molecule has 0 spiro atoms. The van der Waals surface area contributed by atoms with Gasteiger partial charge < -0.3 is 24.3 Å². The van der Waals surface area contributed by atoms with Crippen LogP contribution in [0.3, 0.4) is 0 Å². The van der Waals surface area contributed by atoms with E-state index in [-0.39, 0.29) is 31.2 Å². The molecule has 2 aliphatic heterocycles. The quantitative estimate of drug-likeness (QED) is 0.114. The van der Waals surface area contributed by atoms with Gasteiger partial charge in [-0.05, 0) is 187 Å². The van der Waals surface area contributed by atoms with Crippen molar-refractivity contribution in [3.05, 3.63) is 72.3 Å². The molecule has 0 unspecified atom stereocenters. The average Bonchev–Trinajstić information content (AvgIpc) is 3.32. The predicted molar refractivity (Wildman–Crippen MR) is 274 cm³/mol. The second kappa shape index (κ2) is 25.8. The molecule has 374 valence electrons. The van der Waals surface area contributed by atoms with Gasteiger partial charge in [-0.1, -0.05) is 61.1 Å². The summed E-state index contributed by atoms with van der Waals surface area (Å²) in [6.07, 6.45) is 18.2. The fraction of sp³-hybridized carbons (Fsp3) is 0.632. The van der Waals surface area contributed by atoms with Crippen LogP contribution in [-0.4, -0.2) is 84.7 Å². The zero-order valence-corrected chi connectivity index (χ0v) is 41.9. The van der Waals surface area contributed by atoms with E-state index < -0.39 is 0 Å². The zero-order valence-electron chi connectivity index (χ0n) is 41.9. The lowest BCUT2D eigenvalue weighted by Crippen LogP contribution is -2.36. The first-order valence-corrected chi connectivity index (χ1v) is 25.4. The van der Waals surface area contributed by atoms with Crippen LogP contribution in [-0.2, 0) is 25.6 Å². The summed E-state index contributed by atoms with van der Waals surface area (Å²) < 4.78 is 22.6. The maximum Gasteiger partial charge on any atom is 0.309 e. The van der Waals surface area contributed by atoms with E-state index in [0.717, 1.165) is 136 Å². The topological polar surface area (TPSA) is 129 Å². The number of aldehydes is 1. The van der Waals surface area contributed by atoms with Crippen molar-refractivity contribution < 1.29 is 33.3 Å². The van der Waals surface area contributed by atoms with Crippen LogP contribution in [0.25, 0.3) is 21.5 Å². The van der Waals surface area contributed by atoms with E-state index in [1.165, 1.54) is 31.1 Å². The summed E-state index contributed by atoms with van der Waals surface area (Å²) >= 11 is 0. The molecule has 2 saturated heterocycles. The maximum absolute atomic E-state index is 12.0. The van der Waals surface area contributed by atoms with Gasteiger partial charge in [0.25, 0.3) is 0 Å². The van der Waals surface area contributed by atoms with Gasteiger partial charge in [0.1, 0.15) is 17.2 Å². The molecule has 2 aromatic carbocycles. The molecule has 0 bridgehead atoms. The van der Waals surface area contributed by atoms with Gasteiger partial charge in [-0.15, -0.1) is 0 Å². The smallest absolute Gasteiger partial charge is 0.309 e. The molecule has 4 aromatic rings. The Labute approximate surface area is 408 Å². The minimum Gasteiger partial charge on any atom is -0.490 e. The van der Waals surface area contributed by atoms with Gasteiger partial charge in [-0.2, -0.15) is 0 Å². The lowest BCUT2D eigenvalue weighted by atomic mass is 9.72. The van der Waals surface area contributed by atoms with Crippen molar-refractivity contribution >= 4 is 39.8 Å². The minimum absolute atomic E-state index is 0. The molecular weight excluding hydrogens is 853 g/mol. The number of pyridine rings is 2. The highest BCUT2D eigenvalue weighted by molar-refractivity contribution is 5.87. The van der Waals surface area contributed by atoms with Crippen LogP contribution in [0.2, 0.25) is 0 Å². The van der Waals surface area contributed by atoms with E-state index in [9.17, 15) is 14.4 Å². The number of esters is 2. The Morgan fingerprint density at radius 2 is 1.07 bits per heavy atom. The molecule has 2 aromatic heterocycles. The van der Waals surface area contributed by atoms with Crippen LogP contribution in [0.15, 0.2) is 60.9 Å². The molecule has 0 atom stereocenters. The Morgan fingerprint density at radius 1 is 0.618 bits per heavy atom.